The molecule has 1 heterocycles. The Balaban J connectivity index is 1.63. The zero-order valence-corrected chi connectivity index (χ0v) is 14.6. The minimum absolute atomic E-state index is 0.369. The molecule has 0 bridgehead atoms. The molecule has 0 aliphatic carbocycles. The molecule has 3 rings (SSSR count). The van der Waals surface area contributed by atoms with E-state index in [0.717, 1.165) is 16.9 Å². The Morgan fingerprint density at radius 3 is 2.67 bits per heavy atom. The summed E-state index contributed by atoms with van der Waals surface area (Å²) in [5, 5.41) is 11.8. The van der Waals surface area contributed by atoms with Gasteiger partial charge in [-0.1, -0.05) is 29.3 Å². The summed E-state index contributed by atoms with van der Waals surface area (Å²) >= 11 is 17.0. The van der Waals surface area contributed by atoms with E-state index in [1.165, 1.54) is 11.0 Å². The summed E-state index contributed by atoms with van der Waals surface area (Å²) in [6.45, 7) is 0.369. The first kappa shape index (κ1) is 16.7. The van der Waals surface area contributed by atoms with Gasteiger partial charge in [-0.05, 0) is 54.2 Å². The second-order valence-corrected chi connectivity index (χ2v) is 6.07. The first-order valence-corrected chi connectivity index (χ1v) is 8.11. The number of hydrogen-bond acceptors (Lipinski definition) is 4. The number of rotatable bonds is 5. The number of halogens is 2. The summed E-state index contributed by atoms with van der Waals surface area (Å²) in [5.74, 6) is 0.734. The molecular formula is C16H12Cl2N4OS. The molecule has 0 radical (unpaired) electrons. The Kier molecular flexibility index (Phi) is 5.30. The van der Waals surface area contributed by atoms with Gasteiger partial charge in [0.1, 0.15) is 18.7 Å². The normalized spacial score (nSPS) is 11.1. The van der Waals surface area contributed by atoms with Crippen molar-refractivity contribution >= 4 is 41.6 Å². The topological polar surface area (TPSA) is 55.2 Å². The SMILES string of the molecule is S=c1[nH]ncn1N=Cc1ccc(OCc2ccc(Cl)cc2Cl)cc1. The molecule has 0 fully saturated rings. The van der Waals surface area contributed by atoms with Gasteiger partial charge < -0.3 is 4.74 Å². The van der Waals surface area contributed by atoms with Crippen molar-refractivity contribution < 1.29 is 4.74 Å². The highest BCUT2D eigenvalue weighted by atomic mass is 35.5. The van der Waals surface area contributed by atoms with E-state index < -0.39 is 0 Å². The molecule has 0 spiro atoms. The fraction of sp³-hybridized carbons (Fsp3) is 0.0625. The second kappa shape index (κ2) is 7.61. The molecule has 0 amide bonds. The third-order valence-corrected chi connectivity index (χ3v) is 4.02. The Morgan fingerprint density at radius 2 is 2.00 bits per heavy atom. The Hall–Kier alpha value is -2.15. The molecule has 8 heteroatoms. The number of benzene rings is 2. The molecule has 0 unspecified atom stereocenters. The highest BCUT2D eigenvalue weighted by molar-refractivity contribution is 7.71. The van der Waals surface area contributed by atoms with Crippen LogP contribution in [-0.4, -0.2) is 21.1 Å². The van der Waals surface area contributed by atoms with Crippen LogP contribution in [0.1, 0.15) is 11.1 Å². The van der Waals surface area contributed by atoms with Gasteiger partial charge >= 0.3 is 0 Å². The van der Waals surface area contributed by atoms with Gasteiger partial charge in [-0.25, -0.2) is 0 Å². The maximum atomic E-state index is 6.12. The molecule has 0 aliphatic heterocycles. The minimum Gasteiger partial charge on any atom is -0.489 e. The van der Waals surface area contributed by atoms with Crippen molar-refractivity contribution in [2.45, 2.75) is 6.61 Å². The van der Waals surface area contributed by atoms with Crippen molar-refractivity contribution in [3.63, 3.8) is 0 Å². The van der Waals surface area contributed by atoms with Gasteiger partial charge in [0.15, 0.2) is 0 Å². The maximum absolute atomic E-state index is 6.12. The summed E-state index contributed by atoms with van der Waals surface area (Å²) < 4.78 is 7.64. The van der Waals surface area contributed by atoms with Crippen LogP contribution in [-0.2, 0) is 6.61 Å². The third-order valence-electron chi connectivity index (χ3n) is 3.16. The highest BCUT2D eigenvalue weighted by Gasteiger charge is 2.02. The number of H-pyrrole nitrogens is 1. The lowest BCUT2D eigenvalue weighted by Gasteiger charge is -2.08. The van der Waals surface area contributed by atoms with E-state index in [9.17, 15) is 0 Å². The van der Waals surface area contributed by atoms with E-state index in [0.29, 0.717) is 21.4 Å². The molecular weight excluding hydrogens is 367 g/mol. The van der Waals surface area contributed by atoms with Gasteiger partial charge in [-0.15, -0.1) is 0 Å². The van der Waals surface area contributed by atoms with E-state index in [1.54, 1.807) is 18.3 Å². The van der Waals surface area contributed by atoms with Gasteiger partial charge in [0.2, 0.25) is 4.77 Å². The smallest absolute Gasteiger partial charge is 0.216 e. The minimum atomic E-state index is 0.369. The molecule has 24 heavy (non-hydrogen) atoms. The van der Waals surface area contributed by atoms with Crippen LogP contribution in [0.2, 0.25) is 10.0 Å². The van der Waals surface area contributed by atoms with Crippen LogP contribution in [0.25, 0.3) is 0 Å². The maximum Gasteiger partial charge on any atom is 0.216 e. The predicted octanol–water partition coefficient (Wildman–Crippen LogP) is 4.71. The first-order chi connectivity index (χ1) is 11.6. The summed E-state index contributed by atoms with van der Waals surface area (Å²) in [6, 6.07) is 12.8. The lowest BCUT2D eigenvalue weighted by molar-refractivity contribution is 0.306. The van der Waals surface area contributed by atoms with Crippen molar-refractivity contribution in [3.05, 3.63) is 74.7 Å². The zero-order valence-electron chi connectivity index (χ0n) is 12.3. The van der Waals surface area contributed by atoms with Crippen molar-refractivity contribution in [2.75, 3.05) is 0 Å². The number of aromatic amines is 1. The molecule has 2 aromatic carbocycles. The van der Waals surface area contributed by atoms with Gasteiger partial charge in [0.25, 0.3) is 0 Å². The number of ether oxygens (including phenoxy) is 1. The number of nitrogens with one attached hydrogen (secondary N) is 1. The molecule has 0 aliphatic rings. The summed E-state index contributed by atoms with van der Waals surface area (Å²) in [5.41, 5.74) is 1.79. The summed E-state index contributed by atoms with van der Waals surface area (Å²) in [7, 11) is 0. The van der Waals surface area contributed by atoms with Crippen LogP contribution in [0.5, 0.6) is 5.75 Å². The summed E-state index contributed by atoms with van der Waals surface area (Å²) in [4.78, 5) is 0. The molecule has 1 N–H and O–H groups in total. The van der Waals surface area contributed by atoms with Gasteiger partial charge in [0.05, 0.1) is 6.21 Å². The monoisotopic (exact) mass is 378 g/mol. The van der Waals surface area contributed by atoms with Crippen molar-refractivity contribution in [3.8, 4) is 5.75 Å². The average Bonchev–Trinajstić information content (AvgIpc) is 2.98. The number of nitrogens with zero attached hydrogens (tertiary/aromatic N) is 3. The fourth-order valence-corrected chi connectivity index (χ4v) is 2.51. The molecule has 122 valence electrons. The molecule has 5 nitrogen and oxygen atoms in total. The third kappa shape index (κ3) is 4.23. The Bertz CT molecular complexity index is 918. The quantitative estimate of drug-likeness (QED) is 0.516. The van der Waals surface area contributed by atoms with E-state index >= 15 is 0 Å². The van der Waals surface area contributed by atoms with Gasteiger partial charge in [-0.2, -0.15) is 14.9 Å². The highest BCUT2D eigenvalue weighted by Crippen LogP contribution is 2.22. The fourth-order valence-electron chi connectivity index (χ4n) is 1.90. The number of aromatic nitrogens is 3. The van der Waals surface area contributed by atoms with Crippen LogP contribution < -0.4 is 4.74 Å². The van der Waals surface area contributed by atoms with E-state index in [4.69, 9.17) is 40.2 Å². The number of hydrogen-bond donors (Lipinski definition) is 1. The lowest BCUT2D eigenvalue weighted by atomic mass is 10.2. The molecule has 0 saturated heterocycles. The zero-order chi connectivity index (χ0) is 16.9. The van der Waals surface area contributed by atoms with Crippen molar-refractivity contribution in [1.29, 1.82) is 0 Å². The molecule has 1 aromatic heterocycles. The van der Waals surface area contributed by atoms with Crippen molar-refractivity contribution in [1.82, 2.24) is 14.9 Å². The van der Waals surface area contributed by atoms with Gasteiger partial charge in [0, 0.05) is 15.6 Å². The van der Waals surface area contributed by atoms with E-state index in [1.807, 2.05) is 30.3 Å². The Morgan fingerprint density at radius 1 is 1.21 bits per heavy atom. The Labute approximate surface area is 153 Å². The predicted molar refractivity (Wildman–Crippen MR) is 97.6 cm³/mol. The van der Waals surface area contributed by atoms with Crippen LogP contribution in [0.4, 0.5) is 0 Å². The van der Waals surface area contributed by atoms with Crippen LogP contribution >= 0.6 is 35.4 Å². The molecule has 0 saturated carbocycles. The standard InChI is InChI=1S/C16H12Cl2N4OS/c17-13-4-3-12(15(18)7-13)9-23-14-5-1-11(2-6-14)8-20-22-10-19-21-16(22)24/h1-8,10H,9H2,(H,21,24). The average molecular weight is 379 g/mol. The largest absolute Gasteiger partial charge is 0.489 e. The first-order valence-electron chi connectivity index (χ1n) is 6.95. The van der Waals surface area contributed by atoms with E-state index in [2.05, 4.69) is 15.3 Å². The van der Waals surface area contributed by atoms with Gasteiger partial charge in [-0.3, -0.25) is 5.10 Å². The molecule has 0 atom stereocenters. The second-order valence-electron chi connectivity index (χ2n) is 4.84. The van der Waals surface area contributed by atoms with E-state index in [-0.39, 0.29) is 0 Å². The molecule has 3 aromatic rings. The van der Waals surface area contributed by atoms with Crippen LogP contribution in [0.3, 0.4) is 0 Å². The van der Waals surface area contributed by atoms with Crippen LogP contribution in [0, 0.1) is 4.77 Å². The lowest BCUT2D eigenvalue weighted by Crippen LogP contribution is -1.96. The van der Waals surface area contributed by atoms with Crippen LogP contribution in [0.15, 0.2) is 53.9 Å². The summed E-state index contributed by atoms with van der Waals surface area (Å²) in [6.07, 6.45) is 3.19. The van der Waals surface area contributed by atoms with Crippen molar-refractivity contribution in [2.24, 2.45) is 5.10 Å².